The minimum Gasteiger partial charge on any atom is -0.478 e. The Morgan fingerprint density at radius 3 is 1.60 bits per heavy atom. The number of hydrogen-bond donors (Lipinski definition) is 2. The molecule has 0 saturated carbocycles. The molecule has 5 heteroatoms. The fourth-order valence-electron chi connectivity index (χ4n) is 0.557. The molecular weight excluding hydrogens is 220 g/mol. The SMILES string of the molecule is Clc1ccccc1.O=C(O)C=CC(=O)O. The lowest BCUT2D eigenvalue weighted by Gasteiger charge is -1.80. The second-order valence-corrected chi connectivity index (χ2v) is 2.74. The molecule has 0 unspecified atom stereocenters. The third-order valence-corrected chi connectivity index (χ3v) is 1.35. The van der Waals surface area contributed by atoms with Gasteiger partial charge in [0.25, 0.3) is 0 Å². The largest absolute Gasteiger partial charge is 0.478 e. The Kier molecular flexibility index (Phi) is 6.67. The number of carboxylic acids is 2. The first-order valence-corrected chi connectivity index (χ1v) is 4.24. The lowest BCUT2D eigenvalue weighted by molar-refractivity contribution is -0.134. The first-order valence-electron chi connectivity index (χ1n) is 3.87. The third kappa shape index (κ3) is 10.1. The summed E-state index contributed by atoms with van der Waals surface area (Å²) >= 11 is 5.54. The van der Waals surface area contributed by atoms with Crippen LogP contribution in [-0.2, 0) is 9.59 Å². The minimum atomic E-state index is -1.26. The molecule has 0 radical (unpaired) electrons. The summed E-state index contributed by atoms with van der Waals surface area (Å²) in [7, 11) is 0. The molecule has 0 aromatic heterocycles. The molecule has 15 heavy (non-hydrogen) atoms. The molecule has 0 aliphatic rings. The van der Waals surface area contributed by atoms with Crippen LogP contribution in [0.3, 0.4) is 0 Å². The van der Waals surface area contributed by atoms with Gasteiger partial charge in [0, 0.05) is 17.2 Å². The summed E-state index contributed by atoms with van der Waals surface area (Å²) in [4.78, 5) is 19.1. The van der Waals surface area contributed by atoms with Crippen LogP contribution in [0.4, 0.5) is 0 Å². The van der Waals surface area contributed by atoms with Gasteiger partial charge in [-0.05, 0) is 12.1 Å². The van der Waals surface area contributed by atoms with Crippen molar-refractivity contribution >= 4 is 23.5 Å². The van der Waals surface area contributed by atoms with Gasteiger partial charge < -0.3 is 10.2 Å². The van der Waals surface area contributed by atoms with Gasteiger partial charge >= 0.3 is 11.9 Å². The monoisotopic (exact) mass is 228 g/mol. The second kappa shape index (κ2) is 7.58. The zero-order chi connectivity index (χ0) is 11.7. The second-order valence-electron chi connectivity index (χ2n) is 2.31. The van der Waals surface area contributed by atoms with Crippen LogP contribution in [0.15, 0.2) is 42.5 Å². The van der Waals surface area contributed by atoms with Crippen LogP contribution >= 0.6 is 11.6 Å². The van der Waals surface area contributed by atoms with Gasteiger partial charge in [0.05, 0.1) is 0 Å². The fraction of sp³-hybridized carbons (Fsp3) is 0. The molecule has 1 aromatic rings. The number of hydrogen-bond acceptors (Lipinski definition) is 2. The van der Waals surface area contributed by atoms with Crippen molar-refractivity contribution in [1.29, 1.82) is 0 Å². The molecule has 0 heterocycles. The molecule has 1 aromatic carbocycles. The number of carbonyl (C=O) groups is 2. The zero-order valence-corrected chi connectivity index (χ0v) is 8.39. The molecule has 0 spiro atoms. The zero-order valence-electron chi connectivity index (χ0n) is 7.63. The summed E-state index contributed by atoms with van der Waals surface area (Å²) in [6, 6.07) is 9.44. The Morgan fingerprint density at radius 1 is 1.00 bits per heavy atom. The molecule has 0 bridgehead atoms. The van der Waals surface area contributed by atoms with E-state index in [2.05, 4.69) is 0 Å². The van der Waals surface area contributed by atoms with Gasteiger partial charge in [0.1, 0.15) is 0 Å². The lowest BCUT2D eigenvalue weighted by Crippen LogP contribution is -1.91. The topological polar surface area (TPSA) is 74.6 Å². The van der Waals surface area contributed by atoms with Crippen molar-refractivity contribution in [2.75, 3.05) is 0 Å². The van der Waals surface area contributed by atoms with Gasteiger partial charge in [-0.2, -0.15) is 0 Å². The van der Waals surface area contributed by atoms with Gasteiger partial charge in [-0.1, -0.05) is 29.8 Å². The number of halogens is 1. The maximum Gasteiger partial charge on any atom is 0.328 e. The van der Waals surface area contributed by atoms with Gasteiger partial charge in [0.15, 0.2) is 0 Å². The Bertz CT molecular complexity index is 330. The smallest absolute Gasteiger partial charge is 0.328 e. The highest BCUT2D eigenvalue weighted by Crippen LogP contribution is 2.03. The molecule has 0 fully saturated rings. The lowest BCUT2D eigenvalue weighted by atomic mass is 10.4. The molecule has 2 N–H and O–H groups in total. The maximum absolute atomic E-state index is 9.55. The standard InChI is InChI=1S/C6H5Cl.C4H4O4/c7-6-4-2-1-3-5-6;5-3(6)1-2-4(7)8/h1-5H;1-2H,(H,5,6)(H,7,8). The minimum absolute atomic E-state index is 0.558. The molecule has 0 aliphatic carbocycles. The van der Waals surface area contributed by atoms with Crippen LogP contribution in [-0.4, -0.2) is 22.2 Å². The molecule has 1 rings (SSSR count). The van der Waals surface area contributed by atoms with E-state index in [0.29, 0.717) is 12.2 Å². The van der Waals surface area contributed by atoms with Crippen LogP contribution < -0.4 is 0 Å². The molecule has 0 amide bonds. The van der Waals surface area contributed by atoms with E-state index in [1.807, 2.05) is 30.3 Å². The normalized spacial score (nSPS) is 9.13. The molecule has 0 atom stereocenters. The molecule has 0 saturated heterocycles. The summed E-state index contributed by atoms with van der Waals surface area (Å²) in [5.74, 6) is -2.51. The summed E-state index contributed by atoms with van der Waals surface area (Å²) < 4.78 is 0. The predicted molar refractivity (Wildman–Crippen MR) is 55.9 cm³/mol. The van der Waals surface area contributed by atoms with Crippen LogP contribution in [0.5, 0.6) is 0 Å². The third-order valence-electron chi connectivity index (χ3n) is 1.10. The highest BCUT2D eigenvalue weighted by Gasteiger charge is 1.88. The molecule has 80 valence electrons. The van der Waals surface area contributed by atoms with Gasteiger partial charge in [-0.25, -0.2) is 9.59 Å². The van der Waals surface area contributed by atoms with E-state index in [1.54, 1.807) is 0 Å². The maximum atomic E-state index is 9.55. The Balaban J connectivity index is 0.000000262. The van der Waals surface area contributed by atoms with E-state index >= 15 is 0 Å². The van der Waals surface area contributed by atoms with Crippen LogP contribution in [0, 0.1) is 0 Å². The van der Waals surface area contributed by atoms with E-state index in [1.165, 1.54) is 0 Å². The van der Waals surface area contributed by atoms with E-state index in [-0.39, 0.29) is 0 Å². The highest BCUT2D eigenvalue weighted by atomic mass is 35.5. The van der Waals surface area contributed by atoms with Crippen LogP contribution in [0.2, 0.25) is 5.02 Å². The number of benzene rings is 1. The van der Waals surface area contributed by atoms with Crippen molar-refractivity contribution < 1.29 is 19.8 Å². The summed E-state index contributed by atoms with van der Waals surface area (Å²) in [6.07, 6.45) is 1.12. The number of aliphatic carboxylic acids is 2. The van der Waals surface area contributed by atoms with E-state index in [4.69, 9.17) is 21.8 Å². The predicted octanol–water partition coefficient (Wildman–Crippen LogP) is 2.05. The fourth-order valence-corrected chi connectivity index (χ4v) is 0.703. The molecular formula is C10H9ClO4. The Labute approximate surface area is 91.4 Å². The molecule has 0 aliphatic heterocycles. The van der Waals surface area contributed by atoms with E-state index in [0.717, 1.165) is 5.02 Å². The van der Waals surface area contributed by atoms with Gasteiger partial charge in [0.2, 0.25) is 0 Å². The summed E-state index contributed by atoms with van der Waals surface area (Å²) in [6.45, 7) is 0. The van der Waals surface area contributed by atoms with Gasteiger partial charge in [-0.3, -0.25) is 0 Å². The average molecular weight is 229 g/mol. The van der Waals surface area contributed by atoms with Crippen molar-refractivity contribution in [3.05, 3.63) is 47.5 Å². The molecule has 4 nitrogen and oxygen atoms in total. The van der Waals surface area contributed by atoms with Gasteiger partial charge in [-0.15, -0.1) is 0 Å². The van der Waals surface area contributed by atoms with Crippen molar-refractivity contribution in [1.82, 2.24) is 0 Å². The summed E-state index contributed by atoms with van der Waals surface area (Å²) in [5.41, 5.74) is 0. The van der Waals surface area contributed by atoms with Crippen LogP contribution in [0.1, 0.15) is 0 Å². The van der Waals surface area contributed by atoms with E-state index < -0.39 is 11.9 Å². The Hall–Kier alpha value is -1.81. The van der Waals surface area contributed by atoms with Crippen molar-refractivity contribution in [2.24, 2.45) is 0 Å². The van der Waals surface area contributed by atoms with Crippen molar-refractivity contribution in [3.8, 4) is 0 Å². The van der Waals surface area contributed by atoms with Crippen molar-refractivity contribution in [3.63, 3.8) is 0 Å². The average Bonchev–Trinajstić information content (AvgIpc) is 2.17. The first-order chi connectivity index (χ1) is 7.02. The highest BCUT2D eigenvalue weighted by molar-refractivity contribution is 6.30. The quantitative estimate of drug-likeness (QED) is 0.760. The summed E-state index contributed by atoms with van der Waals surface area (Å²) in [5, 5.41) is 16.4. The Morgan fingerprint density at radius 2 is 1.40 bits per heavy atom. The van der Waals surface area contributed by atoms with Crippen molar-refractivity contribution in [2.45, 2.75) is 0 Å². The first kappa shape index (κ1) is 13.2. The number of rotatable bonds is 2. The number of carboxylic acid groups (broad SMARTS) is 2. The van der Waals surface area contributed by atoms with E-state index in [9.17, 15) is 9.59 Å². The van der Waals surface area contributed by atoms with Crippen LogP contribution in [0.25, 0.3) is 0 Å².